The Hall–Kier alpha value is -1.58. The molecule has 0 radical (unpaired) electrons. The van der Waals surface area contributed by atoms with Crippen LogP contribution in [0.15, 0.2) is 18.2 Å². The summed E-state index contributed by atoms with van der Waals surface area (Å²) in [7, 11) is 0. The number of benzene rings is 1. The molecule has 14 heavy (non-hydrogen) atoms. The third-order valence-electron chi connectivity index (χ3n) is 2.13. The molecular formula is C10H11NO3. The molecule has 1 saturated carbocycles. The predicted molar refractivity (Wildman–Crippen MR) is 51.5 cm³/mol. The molecule has 1 fully saturated rings. The van der Waals surface area contributed by atoms with Gasteiger partial charge in [0.05, 0.1) is 11.0 Å². The predicted octanol–water partition coefficient (Wildman–Crippen LogP) is 2.44. The number of nitro groups is 1. The van der Waals surface area contributed by atoms with Gasteiger partial charge in [-0.3, -0.25) is 10.1 Å². The van der Waals surface area contributed by atoms with Crippen LogP contribution in [0.4, 0.5) is 5.69 Å². The zero-order chi connectivity index (χ0) is 10.1. The molecule has 0 N–H and O–H groups in total. The van der Waals surface area contributed by atoms with Gasteiger partial charge in [-0.15, -0.1) is 0 Å². The van der Waals surface area contributed by atoms with Crippen molar-refractivity contribution < 1.29 is 9.66 Å². The zero-order valence-corrected chi connectivity index (χ0v) is 7.90. The highest BCUT2D eigenvalue weighted by Gasteiger charge is 2.27. The van der Waals surface area contributed by atoms with E-state index in [1.807, 2.05) is 13.0 Å². The van der Waals surface area contributed by atoms with E-state index in [1.54, 1.807) is 6.07 Å². The summed E-state index contributed by atoms with van der Waals surface area (Å²) in [6.07, 6.45) is 2.20. The van der Waals surface area contributed by atoms with Gasteiger partial charge in [-0.05, 0) is 31.4 Å². The maximum atomic E-state index is 10.7. The number of ether oxygens (including phenoxy) is 1. The fraction of sp³-hybridized carbons (Fsp3) is 0.400. The van der Waals surface area contributed by atoms with E-state index in [4.69, 9.17) is 4.74 Å². The first kappa shape index (κ1) is 8.99. The zero-order valence-electron chi connectivity index (χ0n) is 7.90. The second-order valence-corrected chi connectivity index (χ2v) is 3.55. The molecule has 1 aromatic rings. The highest BCUT2D eigenvalue weighted by Crippen LogP contribution is 2.33. The summed E-state index contributed by atoms with van der Waals surface area (Å²) >= 11 is 0. The summed E-state index contributed by atoms with van der Waals surface area (Å²) < 4.78 is 5.43. The summed E-state index contributed by atoms with van der Waals surface area (Å²) in [4.78, 5) is 10.3. The van der Waals surface area contributed by atoms with Gasteiger partial charge in [0.25, 0.3) is 0 Å². The molecule has 4 heteroatoms. The average Bonchev–Trinajstić information content (AvgIpc) is 2.91. The van der Waals surface area contributed by atoms with Crippen molar-refractivity contribution in [3.05, 3.63) is 33.9 Å². The smallest absolute Gasteiger partial charge is 0.311 e. The molecule has 0 unspecified atom stereocenters. The molecule has 74 valence electrons. The Balaban J connectivity index is 2.31. The van der Waals surface area contributed by atoms with E-state index >= 15 is 0 Å². The van der Waals surface area contributed by atoms with Crippen LogP contribution in [0, 0.1) is 17.0 Å². The maximum absolute atomic E-state index is 10.7. The van der Waals surface area contributed by atoms with Crippen LogP contribution in [0.3, 0.4) is 0 Å². The Bertz CT molecular complexity index is 372. The minimum atomic E-state index is -0.398. The van der Waals surface area contributed by atoms with Crippen molar-refractivity contribution in [2.24, 2.45) is 0 Å². The Morgan fingerprint density at radius 3 is 2.79 bits per heavy atom. The van der Waals surface area contributed by atoms with Crippen molar-refractivity contribution >= 4 is 5.69 Å². The number of aryl methyl sites for hydroxylation is 1. The Morgan fingerprint density at radius 2 is 2.21 bits per heavy atom. The lowest BCUT2D eigenvalue weighted by Gasteiger charge is -2.05. The van der Waals surface area contributed by atoms with E-state index in [0.29, 0.717) is 5.75 Å². The van der Waals surface area contributed by atoms with Gasteiger partial charge in [0.1, 0.15) is 0 Å². The van der Waals surface area contributed by atoms with Gasteiger partial charge in [0.2, 0.25) is 0 Å². The SMILES string of the molecule is Cc1ccc(OC2CC2)c([N+](=O)[O-])c1. The lowest BCUT2D eigenvalue weighted by molar-refractivity contribution is -0.386. The Morgan fingerprint density at radius 1 is 1.50 bits per heavy atom. The van der Waals surface area contributed by atoms with Crippen molar-refractivity contribution in [3.63, 3.8) is 0 Å². The van der Waals surface area contributed by atoms with Gasteiger partial charge in [0.15, 0.2) is 5.75 Å². The van der Waals surface area contributed by atoms with Crippen LogP contribution >= 0.6 is 0 Å². The lowest BCUT2D eigenvalue weighted by Crippen LogP contribution is -2.00. The highest BCUT2D eigenvalue weighted by atomic mass is 16.6. The van der Waals surface area contributed by atoms with Crippen LogP contribution in [-0.2, 0) is 0 Å². The van der Waals surface area contributed by atoms with Crippen LogP contribution in [0.5, 0.6) is 5.75 Å². The van der Waals surface area contributed by atoms with E-state index in [0.717, 1.165) is 18.4 Å². The van der Waals surface area contributed by atoms with Crippen LogP contribution < -0.4 is 4.74 Å². The molecule has 0 amide bonds. The van der Waals surface area contributed by atoms with Crippen LogP contribution in [0.25, 0.3) is 0 Å². The molecule has 0 aliphatic heterocycles. The fourth-order valence-electron chi connectivity index (χ4n) is 1.24. The average molecular weight is 193 g/mol. The molecule has 0 heterocycles. The minimum absolute atomic E-state index is 0.0666. The van der Waals surface area contributed by atoms with Crippen molar-refractivity contribution in [2.45, 2.75) is 25.9 Å². The number of rotatable bonds is 3. The first-order valence-electron chi connectivity index (χ1n) is 4.58. The summed E-state index contributed by atoms with van der Waals surface area (Å²) in [5.74, 6) is 0.392. The topological polar surface area (TPSA) is 52.4 Å². The molecule has 0 bridgehead atoms. The minimum Gasteiger partial charge on any atom is -0.483 e. The number of hydrogen-bond donors (Lipinski definition) is 0. The van der Waals surface area contributed by atoms with Gasteiger partial charge < -0.3 is 4.74 Å². The molecule has 4 nitrogen and oxygen atoms in total. The standard InChI is InChI=1S/C10H11NO3/c1-7-2-5-10(14-8-3-4-8)9(6-7)11(12)13/h2,5-6,8H,3-4H2,1H3. The largest absolute Gasteiger partial charge is 0.483 e. The van der Waals surface area contributed by atoms with Crippen molar-refractivity contribution in [2.75, 3.05) is 0 Å². The van der Waals surface area contributed by atoms with Crippen LogP contribution in [0.1, 0.15) is 18.4 Å². The molecule has 0 atom stereocenters. The number of nitro benzene ring substituents is 1. The Labute approximate surface area is 81.7 Å². The number of hydrogen-bond acceptors (Lipinski definition) is 3. The second kappa shape index (κ2) is 3.29. The van der Waals surface area contributed by atoms with Gasteiger partial charge in [-0.1, -0.05) is 6.07 Å². The summed E-state index contributed by atoms with van der Waals surface area (Å²) in [5, 5.41) is 10.7. The van der Waals surface area contributed by atoms with E-state index in [1.165, 1.54) is 6.07 Å². The molecule has 1 aromatic carbocycles. The second-order valence-electron chi connectivity index (χ2n) is 3.55. The molecule has 1 aliphatic rings. The van der Waals surface area contributed by atoms with E-state index in [-0.39, 0.29) is 11.8 Å². The molecule has 0 spiro atoms. The fourth-order valence-corrected chi connectivity index (χ4v) is 1.24. The number of nitrogens with zero attached hydrogens (tertiary/aromatic N) is 1. The molecular weight excluding hydrogens is 182 g/mol. The lowest BCUT2D eigenvalue weighted by atomic mass is 10.2. The maximum Gasteiger partial charge on any atom is 0.311 e. The molecule has 1 aliphatic carbocycles. The first-order chi connectivity index (χ1) is 6.66. The van der Waals surface area contributed by atoms with E-state index < -0.39 is 4.92 Å². The van der Waals surface area contributed by atoms with E-state index in [9.17, 15) is 10.1 Å². The van der Waals surface area contributed by atoms with Crippen LogP contribution in [0.2, 0.25) is 0 Å². The van der Waals surface area contributed by atoms with Gasteiger partial charge in [-0.2, -0.15) is 0 Å². The quantitative estimate of drug-likeness (QED) is 0.547. The first-order valence-corrected chi connectivity index (χ1v) is 4.58. The van der Waals surface area contributed by atoms with E-state index in [2.05, 4.69) is 0 Å². The van der Waals surface area contributed by atoms with Crippen molar-refractivity contribution in [1.29, 1.82) is 0 Å². The Kier molecular flexibility index (Phi) is 2.11. The summed E-state index contributed by atoms with van der Waals surface area (Å²) in [6, 6.07) is 5.04. The highest BCUT2D eigenvalue weighted by molar-refractivity contribution is 5.48. The van der Waals surface area contributed by atoms with Crippen LogP contribution in [-0.4, -0.2) is 11.0 Å². The monoisotopic (exact) mass is 193 g/mol. The summed E-state index contributed by atoms with van der Waals surface area (Å²) in [6.45, 7) is 1.83. The molecule has 2 rings (SSSR count). The molecule has 0 saturated heterocycles. The van der Waals surface area contributed by atoms with Gasteiger partial charge >= 0.3 is 5.69 Å². The third-order valence-corrected chi connectivity index (χ3v) is 2.13. The van der Waals surface area contributed by atoms with Crippen molar-refractivity contribution in [1.82, 2.24) is 0 Å². The normalized spacial score (nSPS) is 15.2. The van der Waals surface area contributed by atoms with Crippen molar-refractivity contribution in [3.8, 4) is 5.75 Å². The summed E-state index contributed by atoms with van der Waals surface area (Å²) in [5.41, 5.74) is 0.941. The van der Waals surface area contributed by atoms with Gasteiger partial charge in [-0.25, -0.2) is 0 Å². The molecule has 0 aromatic heterocycles. The third kappa shape index (κ3) is 1.84. The van der Waals surface area contributed by atoms with Gasteiger partial charge in [0, 0.05) is 6.07 Å².